The van der Waals surface area contributed by atoms with E-state index in [1.807, 2.05) is 19.1 Å². The maximum Gasteiger partial charge on any atom is 0.316 e. The van der Waals surface area contributed by atoms with Gasteiger partial charge in [-0.3, -0.25) is 4.79 Å². The second-order valence-electron chi connectivity index (χ2n) is 6.17. The molecule has 0 aliphatic heterocycles. The standard InChI is InChI=1S/C21H20N4O4/c1-13-6-8-17(18(10-13)28-2)29-19-9-7-16(12-23-19)24-20(26)14-4-3-5-15(11-14)25-21(22)27/h3-12H,1-2H3,(H,24,26)(H3,22,25,27). The van der Waals surface area contributed by atoms with Gasteiger partial charge in [0, 0.05) is 17.3 Å². The number of aromatic nitrogens is 1. The molecule has 29 heavy (non-hydrogen) atoms. The number of rotatable bonds is 6. The third-order valence-corrected chi connectivity index (χ3v) is 3.92. The highest BCUT2D eigenvalue weighted by molar-refractivity contribution is 6.05. The van der Waals surface area contributed by atoms with Crippen molar-refractivity contribution in [2.45, 2.75) is 6.92 Å². The Morgan fingerprint density at radius 2 is 1.79 bits per heavy atom. The molecule has 4 N–H and O–H groups in total. The lowest BCUT2D eigenvalue weighted by molar-refractivity contribution is 0.102. The number of pyridine rings is 1. The lowest BCUT2D eigenvalue weighted by atomic mass is 10.2. The van der Waals surface area contributed by atoms with Crippen LogP contribution in [0.2, 0.25) is 0 Å². The lowest BCUT2D eigenvalue weighted by Gasteiger charge is -2.11. The van der Waals surface area contributed by atoms with Gasteiger partial charge in [0.15, 0.2) is 11.5 Å². The zero-order valence-corrected chi connectivity index (χ0v) is 15.9. The van der Waals surface area contributed by atoms with Gasteiger partial charge in [0.25, 0.3) is 5.91 Å². The van der Waals surface area contributed by atoms with Crippen molar-refractivity contribution in [2.75, 3.05) is 17.7 Å². The van der Waals surface area contributed by atoms with E-state index < -0.39 is 6.03 Å². The second-order valence-corrected chi connectivity index (χ2v) is 6.17. The number of hydrogen-bond donors (Lipinski definition) is 3. The number of anilines is 2. The topological polar surface area (TPSA) is 116 Å². The maximum absolute atomic E-state index is 12.4. The minimum absolute atomic E-state index is 0.353. The molecule has 0 bridgehead atoms. The van der Waals surface area contributed by atoms with Gasteiger partial charge in [-0.25, -0.2) is 9.78 Å². The number of urea groups is 1. The third-order valence-electron chi connectivity index (χ3n) is 3.92. The molecule has 0 aliphatic carbocycles. The lowest BCUT2D eigenvalue weighted by Crippen LogP contribution is -2.19. The number of methoxy groups -OCH3 is 1. The summed E-state index contributed by atoms with van der Waals surface area (Å²) in [5.41, 5.74) is 7.43. The van der Waals surface area contributed by atoms with Gasteiger partial charge in [-0.2, -0.15) is 0 Å². The summed E-state index contributed by atoms with van der Waals surface area (Å²) in [5.74, 6) is 1.15. The molecular weight excluding hydrogens is 372 g/mol. The van der Waals surface area contributed by atoms with Crippen LogP contribution in [-0.2, 0) is 0 Å². The highest BCUT2D eigenvalue weighted by Gasteiger charge is 2.10. The third kappa shape index (κ3) is 5.23. The van der Waals surface area contributed by atoms with Crippen LogP contribution < -0.4 is 25.8 Å². The molecule has 1 aromatic heterocycles. The van der Waals surface area contributed by atoms with Gasteiger partial charge in [0.2, 0.25) is 5.88 Å². The number of carbonyl (C=O) groups excluding carboxylic acids is 2. The smallest absolute Gasteiger partial charge is 0.316 e. The van der Waals surface area contributed by atoms with E-state index in [1.54, 1.807) is 43.5 Å². The molecular formula is C21H20N4O4. The molecule has 0 saturated carbocycles. The quantitative estimate of drug-likeness (QED) is 0.588. The van der Waals surface area contributed by atoms with E-state index in [-0.39, 0.29) is 5.91 Å². The predicted octanol–water partition coefficient (Wildman–Crippen LogP) is 3.93. The van der Waals surface area contributed by atoms with Gasteiger partial charge in [-0.15, -0.1) is 0 Å². The first-order chi connectivity index (χ1) is 13.9. The summed E-state index contributed by atoms with van der Waals surface area (Å²) in [5, 5.41) is 5.16. The molecule has 0 unspecified atom stereocenters. The van der Waals surface area contributed by atoms with E-state index >= 15 is 0 Å². The van der Waals surface area contributed by atoms with Gasteiger partial charge in [-0.05, 0) is 48.9 Å². The Morgan fingerprint density at radius 1 is 0.966 bits per heavy atom. The van der Waals surface area contributed by atoms with Crippen LogP contribution in [0.3, 0.4) is 0 Å². The number of amides is 3. The molecule has 2 aromatic carbocycles. The Labute approximate surface area is 167 Å². The van der Waals surface area contributed by atoms with Crippen LogP contribution in [-0.4, -0.2) is 24.0 Å². The first-order valence-corrected chi connectivity index (χ1v) is 8.71. The van der Waals surface area contributed by atoms with Gasteiger partial charge in [0.1, 0.15) is 0 Å². The first kappa shape index (κ1) is 19.7. The molecule has 0 aliphatic rings. The summed E-state index contributed by atoms with van der Waals surface area (Å²) in [6, 6.07) is 14.6. The van der Waals surface area contributed by atoms with E-state index in [9.17, 15) is 9.59 Å². The van der Waals surface area contributed by atoms with E-state index in [0.717, 1.165) is 5.56 Å². The molecule has 0 saturated heterocycles. The van der Waals surface area contributed by atoms with E-state index in [2.05, 4.69) is 15.6 Å². The van der Waals surface area contributed by atoms with Crippen molar-refractivity contribution in [1.82, 2.24) is 4.98 Å². The Morgan fingerprint density at radius 3 is 2.48 bits per heavy atom. The molecule has 0 spiro atoms. The van der Waals surface area contributed by atoms with Crippen LogP contribution in [0, 0.1) is 6.92 Å². The first-order valence-electron chi connectivity index (χ1n) is 8.71. The summed E-state index contributed by atoms with van der Waals surface area (Å²) in [4.78, 5) is 27.6. The molecule has 148 valence electrons. The summed E-state index contributed by atoms with van der Waals surface area (Å²) in [7, 11) is 1.57. The largest absolute Gasteiger partial charge is 0.493 e. The normalized spacial score (nSPS) is 10.1. The monoisotopic (exact) mass is 392 g/mol. The van der Waals surface area contributed by atoms with Gasteiger partial charge in [-0.1, -0.05) is 12.1 Å². The number of primary amides is 1. The number of nitrogens with one attached hydrogen (secondary N) is 2. The Bertz CT molecular complexity index is 1040. The highest BCUT2D eigenvalue weighted by Crippen LogP contribution is 2.31. The van der Waals surface area contributed by atoms with Crippen molar-refractivity contribution in [3.63, 3.8) is 0 Å². The molecule has 0 radical (unpaired) electrons. The summed E-state index contributed by atoms with van der Waals surface area (Å²) in [6.45, 7) is 1.96. The fourth-order valence-corrected chi connectivity index (χ4v) is 2.57. The van der Waals surface area contributed by atoms with Crippen LogP contribution in [0.5, 0.6) is 17.4 Å². The SMILES string of the molecule is COc1cc(C)ccc1Oc1ccc(NC(=O)c2cccc(NC(N)=O)c2)cn1. The Kier molecular flexibility index (Phi) is 5.94. The molecule has 1 heterocycles. The molecule has 8 heteroatoms. The predicted molar refractivity (Wildman–Crippen MR) is 110 cm³/mol. The van der Waals surface area contributed by atoms with Gasteiger partial charge >= 0.3 is 6.03 Å². The number of carbonyl (C=O) groups is 2. The summed E-state index contributed by atoms with van der Waals surface area (Å²) in [6.07, 6.45) is 1.49. The number of ether oxygens (including phenoxy) is 2. The number of benzene rings is 2. The van der Waals surface area contributed by atoms with Gasteiger partial charge in [0.05, 0.1) is 19.0 Å². The molecule has 8 nitrogen and oxygen atoms in total. The van der Waals surface area contributed by atoms with Gasteiger partial charge < -0.3 is 25.8 Å². The summed E-state index contributed by atoms with van der Waals surface area (Å²) >= 11 is 0. The molecule has 3 aromatic rings. The van der Waals surface area contributed by atoms with Crippen molar-refractivity contribution in [1.29, 1.82) is 0 Å². The second kappa shape index (κ2) is 8.75. The average Bonchev–Trinajstić information content (AvgIpc) is 2.70. The minimum atomic E-state index is -0.701. The molecule has 0 atom stereocenters. The van der Waals surface area contributed by atoms with E-state index in [1.165, 1.54) is 12.3 Å². The molecule has 3 amide bonds. The minimum Gasteiger partial charge on any atom is -0.493 e. The average molecular weight is 392 g/mol. The van der Waals surface area contributed by atoms with Crippen LogP contribution in [0.25, 0.3) is 0 Å². The Hall–Kier alpha value is -4.07. The van der Waals surface area contributed by atoms with E-state index in [4.69, 9.17) is 15.2 Å². The highest BCUT2D eigenvalue weighted by atomic mass is 16.5. The van der Waals surface area contributed by atoms with Crippen LogP contribution in [0.1, 0.15) is 15.9 Å². The maximum atomic E-state index is 12.4. The number of nitrogens with zero attached hydrogens (tertiary/aromatic N) is 1. The fraction of sp³-hybridized carbons (Fsp3) is 0.0952. The van der Waals surface area contributed by atoms with Crippen LogP contribution in [0.4, 0.5) is 16.2 Å². The fourth-order valence-electron chi connectivity index (χ4n) is 2.57. The van der Waals surface area contributed by atoms with Crippen molar-refractivity contribution < 1.29 is 19.1 Å². The Balaban J connectivity index is 1.68. The zero-order chi connectivity index (χ0) is 20.8. The number of nitrogens with two attached hydrogens (primary N) is 1. The van der Waals surface area contributed by atoms with Crippen molar-refractivity contribution in [3.8, 4) is 17.4 Å². The van der Waals surface area contributed by atoms with Crippen molar-refractivity contribution >= 4 is 23.3 Å². The van der Waals surface area contributed by atoms with Crippen molar-refractivity contribution in [3.05, 3.63) is 71.9 Å². The molecule has 3 rings (SSSR count). The van der Waals surface area contributed by atoms with Crippen LogP contribution >= 0.6 is 0 Å². The summed E-state index contributed by atoms with van der Waals surface area (Å²) < 4.78 is 11.1. The van der Waals surface area contributed by atoms with E-state index in [0.29, 0.717) is 34.3 Å². The number of hydrogen-bond acceptors (Lipinski definition) is 5. The number of aryl methyl sites for hydroxylation is 1. The van der Waals surface area contributed by atoms with Crippen LogP contribution in [0.15, 0.2) is 60.8 Å². The zero-order valence-electron chi connectivity index (χ0n) is 15.9. The van der Waals surface area contributed by atoms with Crippen molar-refractivity contribution in [2.24, 2.45) is 5.73 Å². The molecule has 0 fully saturated rings.